The highest BCUT2D eigenvalue weighted by Crippen LogP contribution is 2.24. The number of rotatable bonds is 9. The maximum absolute atomic E-state index is 12.4. The first-order chi connectivity index (χ1) is 16.1. The molecule has 2 N–H and O–H groups in total. The number of nitrogens with one attached hydrogen (secondary N) is 2. The number of benzene rings is 3. The van der Waals surface area contributed by atoms with Gasteiger partial charge in [0.1, 0.15) is 5.69 Å². The van der Waals surface area contributed by atoms with Crippen molar-refractivity contribution < 1.29 is 27.9 Å². The van der Waals surface area contributed by atoms with Crippen LogP contribution in [0.5, 0.6) is 0 Å². The van der Waals surface area contributed by atoms with E-state index in [0.29, 0.717) is 0 Å². The minimum atomic E-state index is -4.09. The van der Waals surface area contributed by atoms with E-state index in [2.05, 4.69) is 10.0 Å². The number of hydrogen-bond acceptors (Lipinski definition) is 8. The van der Waals surface area contributed by atoms with Crippen molar-refractivity contribution in [3.05, 3.63) is 104 Å². The SMILES string of the molecule is O=C(CNS(=O)(=O)c1ccc([N+](=O)[O-])cc1)c1ccc(C(=O)Nc2ccccc2[N+](=O)[O-])cc1. The third-order valence-electron chi connectivity index (χ3n) is 4.60. The second-order valence-corrected chi connectivity index (χ2v) is 8.57. The molecule has 3 aromatic carbocycles. The molecule has 3 rings (SSSR count). The lowest BCUT2D eigenvalue weighted by Crippen LogP contribution is -2.29. The smallest absolute Gasteiger partial charge is 0.292 e. The highest BCUT2D eigenvalue weighted by Gasteiger charge is 2.19. The van der Waals surface area contributed by atoms with Gasteiger partial charge in [-0.15, -0.1) is 0 Å². The zero-order valence-electron chi connectivity index (χ0n) is 17.2. The molecular formula is C21H16N4O8S. The lowest BCUT2D eigenvalue weighted by atomic mass is 10.1. The van der Waals surface area contributed by atoms with Crippen molar-refractivity contribution in [2.24, 2.45) is 0 Å². The number of nitro groups is 2. The highest BCUT2D eigenvalue weighted by molar-refractivity contribution is 7.89. The molecule has 0 fully saturated rings. The molecule has 0 unspecified atom stereocenters. The van der Waals surface area contributed by atoms with Crippen LogP contribution < -0.4 is 10.0 Å². The normalized spacial score (nSPS) is 10.9. The van der Waals surface area contributed by atoms with Crippen LogP contribution in [0.3, 0.4) is 0 Å². The molecule has 0 saturated carbocycles. The molecule has 13 heteroatoms. The number of para-hydroxylation sites is 2. The van der Waals surface area contributed by atoms with Gasteiger partial charge in [-0.3, -0.25) is 29.8 Å². The topological polar surface area (TPSA) is 179 Å². The van der Waals surface area contributed by atoms with Crippen LogP contribution in [0.2, 0.25) is 0 Å². The Hall–Kier alpha value is -4.49. The van der Waals surface area contributed by atoms with Crippen LogP contribution in [0.25, 0.3) is 0 Å². The zero-order valence-corrected chi connectivity index (χ0v) is 18.0. The quantitative estimate of drug-likeness (QED) is 0.264. The molecule has 0 aliphatic heterocycles. The number of non-ortho nitro benzene ring substituents is 1. The molecule has 0 heterocycles. The molecule has 1 amide bonds. The van der Waals surface area contributed by atoms with E-state index in [-0.39, 0.29) is 33.1 Å². The summed E-state index contributed by atoms with van der Waals surface area (Å²) < 4.78 is 26.7. The standard InChI is InChI=1S/C21H16N4O8S/c26-20(13-22-34(32,33)17-11-9-16(10-12-17)24(28)29)14-5-7-15(8-6-14)21(27)23-18-3-1-2-4-19(18)25(30)31/h1-12,22H,13H2,(H,23,27). The van der Waals surface area contributed by atoms with E-state index in [0.717, 1.165) is 24.3 Å². The molecule has 34 heavy (non-hydrogen) atoms. The van der Waals surface area contributed by atoms with Crippen molar-refractivity contribution in [1.82, 2.24) is 4.72 Å². The number of ketones is 1. The first-order valence-electron chi connectivity index (χ1n) is 9.50. The van der Waals surface area contributed by atoms with Crippen molar-refractivity contribution in [3.63, 3.8) is 0 Å². The van der Waals surface area contributed by atoms with Gasteiger partial charge in [-0.25, -0.2) is 13.1 Å². The number of nitrogens with zero attached hydrogens (tertiary/aromatic N) is 2. The van der Waals surface area contributed by atoms with Crippen LogP contribution >= 0.6 is 0 Å². The fourth-order valence-corrected chi connectivity index (χ4v) is 3.82. The third-order valence-corrected chi connectivity index (χ3v) is 6.02. The highest BCUT2D eigenvalue weighted by atomic mass is 32.2. The average molecular weight is 484 g/mol. The lowest BCUT2D eigenvalue weighted by molar-refractivity contribution is -0.384. The number of anilines is 1. The van der Waals surface area contributed by atoms with E-state index in [9.17, 15) is 38.2 Å². The van der Waals surface area contributed by atoms with Gasteiger partial charge in [0.15, 0.2) is 5.78 Å². The van der Waals surface area contributed by atoms with Gasteiger partial charge < -0.3 is 5.32 Å². The van der Waals surface area contributed by atoms with Crippen molar-refractivity contribution in [2.45, 2.75) is 4.90 Å². The lowest BCUT2D eigenvalue weighted by Gasteiger charge is -2.08. The summed E-state index contributed by atoms with van der Waals surface area (Å²) >= 11 is 0. The number of carbonyl (C=O) groups excluding carboxylic acids is 2. The predicted octanol–water partition coefficient (Wildman–Crippen LogP) is 2.92. The van der Waals surface area contributed by atoms with E-state index in [1.165, 1.54) is 48.5 Å². The summed E-state index contributed by atoms with van der Waals surface area (Å²) in [5.74, 6) is -1.22. The summed E-state index contributed by atoms with van der Waals surface area (Å²) in [7, 11) is -4.09. The van der Waals surface area contributed by atoms with Crippen molar-refractivity contribution in [2.75, 3.05) is 11.9 Å². The molecule has 3 aromatic rings. The van der Waals surface area contributed by atoms with E-state index >= 15 is 0 Å². The van der Waals surface area contributed by atoms with Crippen LogP contribution in [0.4, 0.5) is 17.1 Å². The van der Waals surface area contributed by atoms with Crippen LogP contribution in [-0.4, -0.2) is 36.5 Å². The summed E-state index contributed by atoms with van der Waals surface area (Å²) in [6.45, 7) is -0.582. The van der Waals surface area contributed by atoms with Crippen LogP contribution in [-0.2, 0) is 10.0 Å². The molecule has 0 aliphatic rings. The summed E-state index contributed by atoms with van der Waals surface area (Å²) in [5, 5.41) is 24.2. The molecular weight excluding hydrogens is 468 g/mol. The maximum Gasteiger partial charge on any atom is 0.292 e. The summed E-state index contributed by atoms with van der Waals surface area (Å²) in [5.41, 5.74) is -0.294. The Morgan fingerprint density at radius 1 is 0.794 bits per heavy atom. The van der Waals surface area contributed by atoms with Gasteiger partial charge in [0.05, 0.1) is 21.3 Å². The molecule has 174 valence electrons. The summed E-state index contributed by atoms with van der Waals surface area (Å²) in [6.07, 6.45) is 0. The van der Waals surface area contributed by atoms with Gasteiger partial charge in [0.2, 0.25) is 10.0 Å². The van der Waals surface area contributed by atoms with E-state index in [1.807, 2.05) is 0 Å². The fraction of sp³-hybridized carbons (Fsp3) is 0.0476. The number of nitro benzene ring substituents is 2. The third kappa shape index (κ3) is 5.65. The van der Waals surface area contributed by atoms with Crippen molar-refractivity contribution in [1.29, 1.82) is 0 Å². The monoisotopic (exact) mass is 484 g/mol. The second kappa shape index (κ2) is 9.97. The fourth-order valence-electron chi connectivity index (χ4n) is 2.83. The van der Waals surface area contributed by atoms with E-state index in [1.54, 1.807) is 0 Å². The molecule has 0 saturated heterocycles. The summed E-state index contributed by atoms with van der Waals surface area (Å²) in [4.78, 5) is 45.0. The summed E-state index contributed by atoms with van der Waals surface area (Å²) in [6, 6.07) is 15.1. The van der Waals surface area contributed by atoms with E-state index < -0.39 is 38.1 Å². The average Bonchev–Trinajstić information content (AvgIpc) is 2.83. The molecule has 0 radical (unpaired) electrons. The molecule has 12 nitrogen and oxygen atoms in total. The van der Waals surface area contributed by atoms with Gasteiger partial charge >= 0.3 is 0 Å². The number of amides is 1. The zero-order chi connectivity index (χ0) is 24.9. The van der Waals surface area contributed by atoms with Gasteiger partial charge in [0.25, 0.3) is 17.3 Å². The first kappa shape index (κ1) is 24.2. The number of Topliss-reactive ketones (excluding diaryl/α,β-unsaturated/α-hetero) is 1. The molecule has 0 aliphatic carbocycles. The second-order valence-electron chi connectivity index (χ2n) is 6.80. The number of sulfonamides is 1. The van der Waals surface area contributed by atoms with Crippen LogP contribution in [0.15, 0.2) is 77.7 Å². The van der Waals surface area contributed by atoms with Crippen molar-refractivity contribution >= 4 is 38.8 Å². The number of hydrogen-bond donors (Lipinski definition) is 2. The van der Waals surface area contributed by atoms with Gasteiger partial charge in [0, 0.05) is 29.3 Å². The Balaban J connectivity index is 1.64. The van der Waals surface area contributed by atoms with Crippen LogP contribution in [0.1, 0.15) is 20.7 Å². The predicted molar refractivity (Wildman–Crippen MR) is 120 cm³/mol. The minimum absolute atomic E-state index is 0.0123. The van der Waals surface area contributed by atoms with Gasteiger partial charge in [-0.2, -0.15) is 0 Å². The molecule has 0 spiro atoms. The molecule has 0 bridgehead atoms. The van der Waals surface area contributed by atoms with Gasteiger partial charge in [-0.05, 0) is 30.3 Å². The molecule has 0 aromatic heterocycles. The Kier molecular flexibility index (Phi) is 7.09. The Morgan fingerprint density at radius 2 is 1.38 bits per heavy atom. The largest absolute Gasteiger partial charge is 0.316 e. The first-order valence-corrected chi connectivity index (χ1v) is 11.0. The molecule has 0 atom stereocenters. The van der Waals surface area contributed by atoms with E-state index in [4.69, 9.17) is 0 Å². The Labute approximate surface area is 192 Å². The minimum Gasteiger partial charge on any atom is -0.316 e. The van der Waals surface area contributed by atoms with Crippen LogP contribution in [0, 0.1) is 20.2 Å². The Morgan fingerprint density at radius 3 is 1.97 bits per heavy atom. The maximum atomic E-state index is 12.4. The Bertz CT molecular complexity index is 1370. The number of carbonyl (C=O) groups is 2. The van der Waals surface area contributed by atoms with Crippen molar-refractivity contribution in [3.8, 4) is 0 Å². The van der Waals surface area contributed by atoms with Gasteiger partial charge in [-0.1, -0.05) is 24.3 Å².